The third-order valence-corrected chi connectivity index (χ3v) is 7.32. The summed E-state index contributed by atoms with van der Waals surface area (Å²) < 4.78 is 24.7. The summed E-state index contributed by atoms with van der Waals surface area (Å²) in [5.41, 5.74) is -0.220. The van der Waals surface area contributed by atoms with E-state index >= 15 is 0 Å². The molecule has 2 amide bonds. The first kappa shape index (κ1) is 23.2. The third kappa shape index (κ3) is 4.30. The highest BCUT2D eigenvalue weighted by molar-refractivity contribution is 6.31. The molecule has 2 bridgehead atoms. The Balaban J connectivity index is 1.06. The average Bonchev–Trinajstić information content (AvgIpc) is 2.75. The molecular weight excluding hydrogens is 486 g/mol. The van der Waals surface area contributed by atoms with Crippen molar-refractivity contribution in [3.63, 3.8) is 0 Å². The summed E-state index contributed by atoms with van der Waals surface area (Å²) in [6, 6.07) is 9.07. The molecule has 4 aliphatic rings. The summed E-state index contributed by atoms with van der Waals surface area (Å²) in [5.74, 6) is -0.234. The van der Waals surface area contributed by atoms with Crippen LogP contribution in [0.5, 0.6) is 11.5 Å². The second-order valence-electron chi connectivity index (χ2n) is 9.39. The SMILES string of the molecule is O=C(COc1ccc(Cl)c(F)c1)NC12CC(C(=O)NCC3CC(O)c4cc(Cl)ccc4O3)(C1)C2. The number of carbonyl (C=O) groups is 2. The molecule has 34 heavy (non-hydrogen) atoms. The minimum absolute atomic E-state index is 0.0183. The van der Waals surface area contributed by atoms with E-state index < -0.39 is 22.9 Å². The third-order valence-electron chi connectivity index (χ3n) is 6.78. The number of carbonyl (C=O) groups excluding carboxylic acids is 2. The van der Waals surface area contributed by atoms with Gasteiger partial charge in [-0.1, -0.05) is 23.2 Å². The lowest BCUT2D eigenvalue weighted by atomic mass is 9.39. The van der Waals surface area contributed by atoms with Crippen LogP contribution < -0.4 is 20.1 Å². The number of halogens is 3. The van der Waals surface area contributed by atoms with Gasteiger partial charge in [0.25, 0.3) is 5.91 Å². The number of aliphatic hydroxyl groups is 1. The quantitative estimate of drug-likeness (QED) is 0.531. The van der Waals surface area contributed by atoms with Crippen LogP contribution in [-0.4, -0.2) is 41.7 Å². The smallest absolute Gasteiger partial charge is 0.258 e. The van der Waals surface area contributed by atoms with Crippen LogP contribution in [0.4, 0.5) is 4.39 Å². The number of rotatable bonds is 7. The molecule has 3 fully saturated rings. The first-order valence-electron chi connectivity index (χ1n) is 11.0. The fraction of sp³-hybridized carbons (Fsp3) is 0.417. The van der Waals surface area contributed by atoms with E-state index in [1.807, 2.05) is 0 Å². The van der Waals surface area contributed by atoms with Gasteiger partial charge in [0.1, 0.15) is 23.4 Å². The van der Waals surface area contributed by atoms with Crippen LogP contribution in [0.25, 0.3) is 0 Å². The average molecular weight is 509 g/mol. The Bertz CT molecular complexity index is 1140. The number of amides is 2. The van der Waals surface area contributed by atoms with E-state index in [4.69, 9.17) is 32.7 Å². The largest absolute Gasteiger partial charge is 0.488 e. The van der Waals surface area contributed by atoms with Gasteiger partial charge in [-0.05, 0) is 49.6 Å². The predicted molar refractivity (Wildman–Crippen MR) is 123 cm³/mol. The predicted octanol–water partition coefficient (Wildman–Crippen LogP) is 3.55. The van der Waals surface area contributed by atoms with Crippen molar-refractivity contribution in [2.24, 2.45) is 5.41 Å². The van der Waals surface area contributed by atoms with Crippen molar-refractivity contribution in [2.75, 3.05) is 13.2 Å². The van der Waals surface area contributed by atoms with Crippen LogP contribution in [0.15, 0.2) is 36.4 Å². The lowest BCUT2D eigenvalue weighted by Crippen LogP contribution is -2.78. The highest BCUT2D eigenvalue weighted by atomic mass is 35.5. The molecule has 0 spiro atoms. The normalized spacial score (nSPS) is 28.5. The Hall–Kier alpha value is -2.55. The van der Waals surface area contributed by atoms with Gasteiger partial charge in [0.2, 0.25) is 5.91 Å². The van der Waals surface area contributed by atoms with E-state index in [1.54, 1.807) is 18.2 Å². The molecule has 3 aliphatic carbocycles. The minimum atomic E-state index is -0.704. The van der Waals surface area contributed by atoms with Gasteiger partial charge in [0.15, 0.2) is 6.61 Å². The zero-order chi connectivity index (χ0) is 24.1. The summed E-state index contributed by atoms with van der Waals surface area (Å²) in [5, 5.41) is 16.8. The van der Waals surface area contributed by atoms with E-state index in [1.165, 1.54) is 12.1 Å². The maximum atomic E-state index is 13.5. The molecule has 2 aromatic carbocycles. The molecule has 2 atom stereocenters. The number of aliphatic hydroxyl groups excluding tert-OH is 1. The molecule has 2 unspecified atom stereocenters. The van der Waals surface area contributed by atoms with Crippen molar-refractivity contribution in [1.82, 2.24) is 10.6 Å². The molecule has 3 saturated carbocycles. The molecule has 10 heteroatoms. The molecule has 7 nitrogen and oxygen atoms in total. The Kier molecular flexibility index (Phi) is 5.86. The van der Waals surface area contributed by atoms with Crippen LogP contribution in [-0.2, 0) is 9.59 Å². The van der Waals surface area contributed by atoms with Crippen molar-refractivity contribution < 1.29 is 28.6 Å². The van der Waals surface area contributed by atoms with Crippen LogP contribution in [0.3, 0.4) is 0 Å². The molecular formula is C24H23Cl2FN2O5. The van der Waals surface area contributed by atoms with Gasteiger partial charge in [0, 0.05) is 28.6 Å². The van der Waals surface area contributed by atoms with Crippen LogP contribution >= 0.6 is 23.2 Å². The summed E-state index contributed by atoms with van der Waals surface area (Å²) in [7, 11) is 0. The molecule has 1 heterocycles. The van der Waals surface area contributed by atoms with E-state index in [9.17, 15) is 19.1 Å². The fourth-order valence-electron chi connectivity index (χ4n) is 5.22. The Morgan fingerprint density at radius 2 is 1.94 bits per heavy atom. The van der Waals surface area contributed by atoms with Gasteiger partial charge >= 0.3 is 0 Å². The zero-order valence-electron chi connectivity index (χ0n) is 18.1. The summed E-state index contributed by atoms with van der Waals surface area (Å²) in [4.78, 5) is 25.0. The molecule has 0 saturated heterocycles. The van der Waals surface area contributed by atoms with Gasteiger partial charge in [-0.25, -0.2) is 4.39 Å². The monoisotopic (exact) mass is 508 g/mol. The first-order valence-corrected chi connectivity index (χ1v) is 11.7. The second-order valence-corrected chi connectivity index (χ2v) is 10.2. The van der Waals surface area contributed by atoms with E-state index in [0.717, 1.165) is 6.07 Å². The Morgan fingerprint density at radius 1 is 1.18 bits per heavy atom. The van der Waals surface area contributed by atoms with Crippen LogP contribution in [0.2, 0.25) is 10.0 Å². The van der Waals surface area contributed by atoms with E-state index in [2.05, 4.69) is 10.6 Å². The fourth-order valence-corrected chi connectivity index (χ4v) is 5.52. The molecule has 2 aromatic rings. The standard InChI is InChI=1S/C24H23Cl2FN2O5/c25-13-1-4-20-16(5-13)19(30)7-15(34-20)8-28-22(32)23-10-24(11-23,12-23)29-21(31)9-33-14-2-3-17(26)18(27)6-14/h1-6,15,19,30H,7-12H2,(H,28,32)(H,29,31). The van der Waals surface area contributed by atoms with Gasteiger partial charge in [0.05, 0.1) is 23.1 Å². The van der Waals surface area contributed by atoms with Gasteiger partial charge < -0.3 is 25.2 Å². The number of nitrogens with one attached hydrogen (secondary N) is 2. The molecule has 1 aliphatic heterocycles. The Labute approximate surface area is 205 Å². The topological polar surface area (TPSA) is 96.9 Å². The zero-order valence-corrected chi connectivity index (χ0v) is 19.6. The van der Waals surface area contributed by atoms with Crippen molar-refractivity contribution in [3.05, 3.63) is 57.8 Å². The van der Waals surface area contributed by atoms with Crippen LogP contribution in [0, 0.1) is 11.2 Å². The van der Waals surface area contributed by atoms with E-state index in [0.29, 0.717) is 42.0 Å². The number of ether oxygens (including phenoxy) is 2. The van der Waals surface area contributed by atoms with Gasteiger partial charge in [-0.3, -0.25) is 9.59 Å². The van der Waals surface area contributed by atoms with Crippen molar-refractivity contribution in [2.45, 2.75) is 43.4 Å². The number of fused-ring (bicyclic) bond motifs is 1. The molecule has 0 radical (unpaired) electrons. The molecule has 3 N–H and O–H groups in total. The lowest BCUT2D eigenvalue weighted by Gasteiger charge is -2.69. The number of benzene rings is 2. The van der Waals surface area contributed by atoms with E-state index in [-0.39, 0.29) is 41.8 Å². The molecule has 0 aromatic heterocycles. The first-order chi connectivity index (χ1) is 16.2. The Morgan fingerprint density at radius 3 is 2.68 bits per heavy atom. The van der Waals surface area contributed by atoms with Gasteiger partial charge in [-0.2, -0.15) is 0 Å². The lowest BCUT2D eigenvalue weighted by molar-refractivity contribution is -0.184. The van der Waals surface area contributed by atoms with Crippen molar-refractivity contribution >= 4 is 35.0 Å². The van der Waals surface area contributed by atoms with Crippen molar-refractivity contribution in [1.29, 1.82) is 0 Å². The second kappa shape index (κ2) is 8.59. The molecule has 6 rings (SSSR count). The summed E-state index contributed by atoms with van der Waals surface area (Å²) >= 11 is 11.6. The van der Waals surface area contributed by atoms with Crippen LogP contribution in [0.1, 0.15) is 37.4 Å². The minimum Gasteiger partial charge on any atom is -0.488 e. The summed E-state index contributed by atoms with van der Waals surface area (Å²) in [6.45, 7) is 0.0284. The van der Waals surface area contributed by atoms with Gasteiger partial charge in [-0.15, -0.1) is 0 Å². The molecule has 180 valence electrons. The summed E-state index contributed by atoms with van der Waals surface area (Å²) in [6.07, 6.45) is 0.985. The maximum absolute atomic E-state index is 13.5. The highest BCUT2D eigenvalue weighted by Gasteiger charge is 2.72. The van der Waals surface area contributed by atoms with Crippen molar-refractivity contribution in [3.8, 4) is 11.5 Å². The number of hydrogen-bond acceptors (Lipinski definition) is 5. The highest BCUT2D eigenvalue weighted by Crippen LogP contribution is 2.67. The maximum Gasteiger partial charge on any atom is 0.258 e. The number of hydrogen-bond donors (Lipinski definition) is 3.